The van der Waals surface area contributed by atoms with E-state index in [-0.39, 0.29) is 12.2 Å². The number of carbonyl (C=O) groups is 1. The summed E-state index contributed by atoms with van der Waals surface area (Å²) in [6.45, 7) is 6.53. The quantitative estimate of drug-likeness (QED) is 0.471. The molecule has 0 saturated carbocycles. The van der Waals surface area contributed by atoms with Crippen molar-refractivity contribution in [3.8, 4) is 5.75 Å². The molecule has 4 heterocycles. The first-order valence-electron chi connectivity index (χ1n) is 11.8. The average molecular weight is 510 g/mol. The predicted octanol–water partition coefficient (Wildman–Crippen LogP) is 2.24. The molecule has 1 fully saturated rings. The number of rotatable bonds is 6. The van der Waals surface area contributed by atoms with Crippen LogP contribution in [0.15, 0.2) is 61.9 Å². The van der Waals surface area contributed by atoms with Crippen molar-refractivity contribution in [1.82, 2.24) is 4.57 Å². The van der Waals surface area contributed by atoms with Gasteiger partial charge in [0.25, 0.3) is 5.56 Å². The molecular weight excluding hydrogens is 482 g/mol. The minimum atomic E-state index is -0.737. The zero-order chi connectivity index (χ0) is 25.2. The van der Waals surface area contributed by atoms with Crippen LogP contribution < -0.4 is 24.5 Å². The van der Waals surface area contributed by atoms with E-state index in [0.717, 1.165) is 19.0 Å². The molecule has 1 atom stereocenters. The Bertz CT molecular complexity index is 1490. The van der Waals surface area contributed by atoms with Crippen molar-refractivity contribution in [3.05, 3.63) is 78.7 Å². The highest BCUT2D eigenvalue weighted by atomic mass is 32.1. The van der Waals surface area contributed by atoms with Gasteiger partial charge in [0, 0.05) is 30.8 Å². The topological polar surface area (TPSA) is 95.5 Å². The number of esters is 1. The summed E-state index contributed by atoms with van der Waals surface area (Å²) in [6, 6.07) is 10.3. The van der Waals surface area contributed by atoms with Crippen molar-refractivity contribution in [2.45, 2.75) is 19.9 Å². The number of aromatic nitrogens is 1. The van der Waals surface area contributed by atoms with E-state index < -0.39 is 12.0 Å². The van der Waals surface area contributed by atoms with E-state index in [1.165, 1.54) is 11.3 Å². The summed E-state index contributed by atoms with van der Waals surface area (Å²) in [7, 11) is 1.56. The van der Waals surface area contributed by atoms with E-state index >= 15 is 0 Å². The Labute approximate surface area is 211 Å². The van der Waals surface area contributed by atoms with Crippen LogP contribution in [0.25, 0.3) is 6.08 Å². The molecule has 5 rings (SSSR count). The second kappa shape index (κ2) is 10.2. The molecule has 0 N–H and O–H groups in total. The fourth-order valence-electron chi connectivity index (χ4n) is 4.48. The minimum absolute atomic E-state index is 0.211. The lowest BCUT2D eigenvalue weighted by atomic mass is 9.95. The van der Waals surface area contributed by atoms with Gasteiger partial charge < -0.3 is 23.5 Å². The maximum Gasteiger partial charge on any atom is 0.338 e. The Kier molecular flexibility index (Phi) is 6.80. The van der Waals surface area contributed by atoms with Crippen LogP contribution in [0, 0.1) is 0 Å². The zero-order valence-corrected chi connectivity index (χ0v) is 21.2. The molecule has 1 saturated heterocycles. The van der Waals surface area contributed by atoms with Crippen molar-refractivity contribution in [2.75, 3.05) is 44.9 Å². The fraction of sp³-hybridized carbons (Fsp3) is 0.346. The number of hydrogen-bond acceptors (Lipinski definition) is 9. The van der Waals surface area contributed by atoms with Gasteiger partial charge in [0.05, 0.1) is 42.7 Å². The van der Waals surface area contributed by atoms with Gasteiger partial charge in [-0.3, -0.25) is 9.36 Å². The van der Waals surface area contributed by atoms with Gasteiger partial charge in [-0.1, -0.05) is 29.5 Å². The number of thiazole rings is 1. The van der Waals surface area contributed by atoms with E-state index in [4.69, 9.17) is 18.6 Å². The van der Waals surface area contributed by atoms with Crippen molar-refractivity contribution >= 4 is 29.3 Å². The molecule has 0 spiro atoms. The van der Waals surface area contributed by atoms with Gasteiger partial charge in [0.15, 0.2) is 10.7 Å². The number of hydrogen-bond donors (Lipinski definition) is 0. The van der Waals surface area contributed by atoms with Crippen molar-refractivity contribution in [1.29, 1.82) is 0 Å². The van der Waals surface area contributed by atoms with Crippen LogP contribution in [0.1, 0.15) is 31.2 Å². The number of fused-ring (bicyclic) bond motifs is 1. The maximum absolute atomic E-state index is 13.7. The first-order chi connectivity index (χ1) is 17.5. The van der Waals surface area contributed by atoms with Crippen LogP contribution in [0.4, 0.5) is 5.88 Å². The summed E-state index contributed by atoms with van der Waals surface area (Å²) < 4.78 is 24.4. The third-order valence-electron chi connectivity index (χ3n) is 6.16. The smallest absolute Gasteiger partial charge is 0.338 e. The number of morpholine rings is 1. The summed E-state index contributed by atoms with van der Waals surface area (Å²) in [4.78, 5) is 34.0. The number of ether oxygens (including phenoxy) is 3. The van der Waals surface area contributed by atoms with Gasteiger partial charge in [0.1, 0.15) is 17.6 Å². The van der Waals surface area contributed by atoms with Crippen LogP contribution in [0.5, 0.6) is 5.75 Å². The molecule has 188 valence electrons. The van der Waals surface area contributed by atoms with Crippen molar-refractivity contribution < 1.29 is 23.4 Å². The van der Waals surface area contributed by atoms with Gasteiger partial charge in [-0.2, -0.15) is 0 Å². The Morgan fingerprint density at radius 3 is 2.75 bits per heavy atom. The summed E-state index contributed by atoms with van der Waals surface area (Å²) >= 11 is 1.25. The molecule has 3 aromatic rings. The SMILES string of the molecule is CCOC(=O)C1=C(C)N=c2sc(=Cc3ccc(N4CCOCC4)o3)c(=O)n2[C@H]1c1ccccc1OC. The summed E-state index contributed by atoms with van der Waals surface area (Å²) in [5, 5.41) is 0. The van der Waals surface area contributed by atoms with Crippen LogP contribution in [-0.2, 0) is 14.3 Å². The second-order valence-electron chi connectivity index (χ2n) is 8.32. The van der Waals surface area contributed by atoms with E-state index in [9.17, 15) is 9.59 Å². The summed E-state index contributed by atoms with van der Waals surface area (Å²) in [6.07, 6.45) is 1.72. The highest BCUT2D eigenvalue weighted by molar-refractivity contribution is 7.07. The van der Waals surface area contributed by atoms with Crippen LogP contribution in [0.3, 0.4) is 0 Å². The number of para-hydroxylation sites is 1. The molecule has 2 aromatic heterocycles. The molecule has 1 aromatic carbocycles. The predicted molar refractivity (Wildman–Crippen MR) is 135 cm³/mol. The number of furan rings is 1. The maximum atomic E-state index is 13.7. The molecule has 0 aliphatic carbocycles. The fourth-order valence-corrected chi connectivity index (χ4v) is 5.51. The number of benzene rings is 1. The van der Waals surface area contributed by atoms with Crippen LogP contribution in [-0.4, -0.2) is 50.6 Å². The Morgan fingerprint density at radius 1 is 1.22 bits per heavy atom. The van der Waals surface area contributed by atoms with E-state index in [1.807, 2.05) is 30.3 Å². The number of allylic oxidation sites excluding steroid dienone is 1. The lowest BCUT2D eigenvalue weighted by molar-refractivity contribution is -0.139. The van der Waals surface area contributed by atoms with Crippen LogP contribution in [0.2, 0.25) is 0 Å². The molecule has 10 heteroatoms. The van der Waals surface area contributed by atoms with Crippen LogP contribution >= 0.6 is 11.3 Å². The lowest BCUT2D eigenvalue weighted by Crippen LogP contribution is -2.40. The van der Waals surface area contributed by atoms with Gasteiger partial charge in [-0.05, 0) is 26.0 Å². The Balaban J connectivity index is 1.63. The number of methoxy groups -OCH3 is 1. The number of carbonyl (C=O) groups excluding carboxylic acids is 1. The standard InChI is InChI=1S/C26H27N3O6S/c1-4-34-25(31)22-16(2)27-26-29(23(22)18-7-5-6-8-19(18)32-3)24(30)20(36-26)15-17-9-10-21(35-17)28-11-13-33-14-12-28/h5-10,15,23H,4,11-14H2,1-3H3/t23-/m0/s1. The van der Waals surface area contributed by atoms with Gasteiger partial charge in [-0.15, -0.1) is 0 Å². The highest BCUT2D eigenvalue weighted by Gasteiger charge is 2.35. The molecule has 2 aliphatic heterocycles. The molecule has 0 radical (unpaired) electrons. The third kappa shape index (κ3) is 4.38. The monoisotopic (exact) mass is 509 g/mol. The Hall–Kier alpha value is -3.63. The molecular formula is C26H27N3O6S. The normalized spacial score (nSPS) is 18.1. The zero-order valence-electron chi connectivity index (χ0n) is 20.4. The molecule has 9 nitrogen and oxygen atoms in total. The highest BCUT2D eigenvalue weighted by Crippen LogP contribution is 2.35. The molecule has 0 bridgehead atoms. The van der Waals surface area contributed by atoms with E-state index in [2.05, 4.69) is 9.89 Å². The molecule has 0 amide bonds. The minimum Gasteiger partial charge on any atom is -0.496 e. The van der Waals surface area contributed by atoms with E-state index in [0.29, 0.717) is 50.9 Å². The van der Waals surface area contributed by atoms with Crippen molar-refractivity contribution in [3.63, 3.8) is 0 Å². The largest absolute Gasteiger partial charge is 0.496 e. The second-order valence-corrected chi connectivity index (χ2v) is 9.33. The third-order valence-corrected chi connectivity index (χ3v) is 7.14. The van der Waals surface area contributed by atoms with Gasteiger partial charge in [0.2, 0.25) is 0 Å². The number of anilines is 1. The lowest BCUT2D eigenvalue weighted by Gasteiger charge is -2.26. The first-order valence-corrected chi connectivity index (χ1v) is 12.6. The van der Waals surface area contributed by atoms with Gasteiger partial charge in [-0.25, -0.2) is 9.79 Å². The van der Waals surface area contributed by atoms with Gasteiger partial charge >= 0.3 is 5.97 Å². The summed E-state index contributed by atoms with van der Waals surface area (Å²) in [5.74, 6) is 1.36. The molecule has 36 heavy (non-hydrogen) atoms. The Morgan fingerprint density at radius 2 is 2.00 bits per heavy atom. The number of nitrogens with zero attached hydrogens (tertiary/aromatic N) is 3. The summed E-state index contributed by atoms with van der Waals surface area (Å²) in [5.41, 5.74) is 1.23. The first kappa shape index (κ1) is 24.1. The molecule has 0 unspecified atom stereocenters. The van der Waals surface area contributed by atoms with E-state index in [1.54, 1.807) is 37.7 Å². The van der Waals surface area contributed by atoms with Crippen molar-refractivity contribution in [2.24, 2.45) is 4.99 Å². The average Bonchev–Trinajstić information content (AvgIpc) is 3.48. The molecule has 2 aliphatic rings.